The van der Waals surface area contributed by atoms with Gasteiger partial charge in [0, 0.05) is 41.4 Å². The quantitative estimate of drug-likeness (QED) is 0.466. The zero-order chi connectivity index (χ0) is 21.3. The van der Waals surface area contributed by atoms with Crippen LogP contribution in [-0.4, -0.2) is 35.8 Å². The van der Waals surface area contributed by atoms with Crippen molar-refractivity contribution < 1.29 is 4.52 Å². The second-order valence-corrected chi connectivity index (χ2v) is 8.62. The fourth-order valence-corrected chi connectivity index (χ4v) is 4.69. The molecule has 156 valence electrons. The molecule has 4 heterocycles. The number of imidazole rings is 1. The van der Waals surface area contributed by atoms with E-state index in [9.17, 15) is 4.79 Å². The minimum absolute atomic E-state index is 0.137. The molecule has 4 aromatic rings. The molecule has 0 amide bonds. The molecule has 0 N–H and O–H groups in total. The Balaban J connectivity index is 1.21. The average molecular weight is 456 g/mol. The zero-order valence-corrected chi connectivity index (χ0v) is 17.7. The van der Waals surface area contributed by atoms with Gasteiger partial charge < -0.3 is 14.0 Å². The Morgan fingerprint density at radius 2 is 1.94 bits per heavy atom. The van der Waals surface area contributed by atoms with Crippen molar-refractivity contribution in [1.29, 1.82) is 0 Å². The van der Waals surface area contributed by atoms with E-state index in [4.69, 9.17) is 27.7 Å². The van der Waals surface area contributed by atoms with Crippen molar-refractivity contribution >= 4 is 40.1 Å². The third-order valence-corrected chi connectivity index (χ3v) is 6.16. The maximum absolute atomic E-state index is 12.7. The lowest BCUT2D eigenvalue weighted by Crippen LogP contribution is -2.22. The van der Waals surface area contributed by atoms with Crippen LogP contribution in [0.3, 0.4) is 0 Å². The van der Waals surface area contributed by atoms with Gasteiger partial charge in [0.25, 0.3) is 5.56 Å². The van der Waals surface area contributed by atoms with Crippen molar-refractivity contribution in [1.82, 2.24) is 29.2 Å². The van der Waals surface area contributed by atoms with E-state index in [0.29, 0.717) is 38.8 Å². The van der Waals surface area contributed by atoms with Crippen LogP contribution in [0.2, 0.25) is 10.0 Å². The summed E-state index contributed by atoms with van der Waals surface area (Å²) in [6.45, 7) is 0.963. The lowest BCUT2D eigenvalue weighted by atomic mass is 10.2. The number of aryl methyl sites for hydroxylation is 1. The average Bonchev–Trinajstić information content (AvgIpc) is 3.15. The Morgan fingerprint density at radius 1 is 1.16 bits per heavy atom. The van der Waals surface area contributed by atoms with Gasteiger partial charge in [0.2, 0.25) is 5.89 Å². The van der Waals surface area contributed by atoms with Crippen LogP contribution >= 0.6 is 23.2 Å². The number of fused-ring (bicyclic) bond motifs is 2. The van der Waals surface area contributed by atoms with E-state index in [1.54, 1.807) is 24.0 Å². The van der Waals surface area contributed by atoms with Crippen LogP contribution in [0.25, 0.3) is 11.2 Å². The summed E-state index contributed by atoms with van der Waals surface area (Å²) in [4.78, 5) is 27.6. The normalized spacial score (nSPS) is 19.7. The van der Waals surface area contributed by atoms with E-state index < -0.39 is 0 Å². The van der Waals surface area contributed by atoms with Crippen molar-refractivity contribution in [2.24, 2.45) is 13.0 Å². The van der Waals surface area contributed by atoms with Gasteiger partial charge in [-0.2, -0.15) is 4.98 Å². The number of nitrogens with zero attached hydrogens (tertiary/aromatic N) is 7. The number of benzene rings is 1. The van der Waals surface area contributed by atoms with Crippen molar-refractivity contribution in [3.63, 3.8) is 0 Å². The van der Waals surface area contributed by atoms with E-state index in [-0.39, 0.29) is 18.0 Å². The monoisotopic (exact) mass is 455 g/mol. The molecule has 0 unspecified atom stereocenters. The summed E-state index contributed by atoms with van der Waals surface area (Å²) in [5.41, 5.74) is 2.86. The van der Waals surface area contributed by atoms with Gasteiger partial charge in [-0.1, -0.05) is 28.4 Å². The number of halogens is 2. The Hall–Kier alpha value is -3.17. The van der Waals surface area contributed by atoms with Crippen LogP contribution < -0.4 is 10.5 Å². The number of anilines is 1. The summed E-state index contributed by atoms with van der Waals surface area (Å²) >= 11 is 12.2. The molecule has 1 fully saturated rings. The van der Waals surface area contributed by atoms with Crippen molar-refractivity contribution in [2.45, 2.75) is 12.5 Å². The molecule has 2 atom stereocenters. The molecule has 31 heavy (non-hydrogen) atoms. The number of rotatable bonds is 4. The Bertz CT molecular complexity index is 1420. The molecule has 1 saturated carbocycles. The molecule has 9 nitrogen and oxygen atoms in total. The number of aromatic nitrogens is 6. The molecule has 2 aliphatic rings. The topological polar surface area (TPSA) is 94.9 Å². The molecule has 0 saturated heterocycles. The van der Waals surface area contributed by atoms with E-state index in [2.05, 4.69) is 31.2 Å². The summed E-state index contributed by atoms with van der Waals surface area (Å²) in [5, 5.41) is 5.35. The molecule has 0 spiro atoms. The van der Waals surface area contributed by atoms with E-state index in [1.165, 1.54) is 16.5 Å². The number of hydrogen-bond acceptors (Lipinski definition) is 7. The Kier molecular flexibility index (Phi) is 4.00. The molecule has 0 radical (unpaired) electrons. The van der Waals surface area contributed by atoms with Crippen LogP contribution in [-0.2, 0) is 13.6 Å². The van der Waals surface area contributed by atoms with Crippen LogP contribution in [0.4, 0.5) is 5.69 Å². The highest BCUT2D eigenvalue weighted by atomic mass is 35.5. The first-order valence-corrected chi connectivity index (χ1v) is 10.4. The highest BCUT2D eigenvalue weighted by Crippen LogP contribution is 2.57. The van der Waals surface area contributed by atoms with Gasteiger partial charge in [-0.15, -0.1) is 0 Å². The van der Waals surface area contributed by atoms with Crippen LogP contribution in [0.5, 0.6) is 0 Å². The molecule has 1 aliphatic carbocycles. The largest absolute Gasteiger partial charge is 0.347 e. The van der Waals surface area contributed by atoms with Gasteiger partial charge in [0.15, 0.2) is 17.0 Å². The minimum Gasteiger partial charge on any atom is -0.347 e. The van der Waals surface area contributed by atoms with Gasteiger partial charge in [-0.05, 0) is 23.8 Å². The van der Waals surface area contributed by atoms with Crippen molar-refractivity contribution in [3.8, 4) is 0 Å². The van der Waals surface area contributed by atoms with E-state index in [0.717, 1.165) is 12.2 Å². The summed E-state index contributed by atoms with van der Waals surface area (Å²) in [6, 6.07) is 5.50. The maximum atomic E-state index is 12.7. The highest BCUT2D eigenvalue weighted by Gasteiger charge is 2.52. The van der Waals surface area contributed by atoms with Gasteiger partial charge in [0.1, 0.15) is 12.9 Å². The van der Waals surface area contributed by atoms with E-state index in [1.807, 2.05) is 12.1 Å². The van der Waals surface area contributed by atoms with Crippen LogP contribution in [0.15, 0.2) is 51.9 Å². The Labute approximate surface area is 185 Å². The summed E-state index contributed by atoms with van der Waals surface area (Å²) in [7, 11) is 1.76. The van der Waals surface area contributed by atoms with Gasteiger partial charge in [-0.3, -0.25) is 9.36 Å². The summed E-state index contributed by atoms with van der Waals surface area (Å²) in [5.74, 6) is 1.47. The predicted octanol–water partition coefficient (Wildman–Crippen LogP) is 2.99. The molecule has 6 rings (SSSR count). The predicted molar refractivity (Wildman–Crippen MR) is 114 cm³/mol. The lowest BCUT2D eigenvalue weighted by molar-refractivity contribution is 0.364. The molecule has 1 aliphatic heterocycles. The highest BCUT2D eigenvalue weighted by molar-refractivity contribution is 6.35. The van der Waals surface area contributed by atoms with Gasteiger partial charge in [-0.25, -0.2) is 9.97 Å². The van der Waals surface area contributed by atoms with Crippen molar-refractivity contribution in [3.05, 3.63) is 74.7 Å². The molecule has 3 aromatic heterocycles. The van der Waals surface area contributed by atoms with Gasteiger partial charge in [0.05, 0.1) is 12.2 Å². The second-order valence-electron chi connectivity index (χ2n) is 7.74. The molecule has 0 bridgehead atoms. The smallest absolute Gasteiger partial charge is 0.280 e. The Morgan fingerprint density at radius 3 is 2.68 bits per heavy atom. The van der Waals surface area contributed by atoms with E-state index >= 15 is 0 Å². The fraction of sp³-hybridized carbons (Fsp3) is 0.250. The first kappa shape index (κ1) is 18.6. The maximum Gasteiger partial charge on any atom is 0.280 e. The van der Waals surface area contributed by atoms with Crippen LogP contribution in [0.1, 0.15) is 17.6 Å². The molecule has 11 heteroatoms. The molecular formula is C20H15Cl2N7O2. The molecular weight excluding hydrogens is 441 g/mol. The first-order chi connectivity index (χ1) is 15.0. The fourth-order valence-electron chi connectivity index (χ4n) is 4.17. The standard InChI is InChI=1S/C20H15Cl2N7O2/c1-27-8-23-19-17(27)20(30)29(9-24-19)7-15-25-18(26-31-15)16-13-5-28(6-14(13)16)12-3-10(21)2-11(22)4-12/h2-5,8-9,14,16H,6-7H2,1H3/t14-,16-/m0/s1. The summed E-state index contributed by atoms with van der Waals surface area (Å²) < 4.78 is 8.50. The first-order valence-electron chi connectivity index (χ1n) is 9.61. The SMILES string of the molecule is Cn1cnc2ncn(Cc3nc([C@H]4C5=CN(c6cc(Cl)cc(Cl)c6)C[C@@H]54)no3)c(=O)c21. The third kappa shape index (κ3) is 3.03. The van der Waals surface area contributed by atoms with Gasteiger partial charge >= 0.3 is 0 Å². The zero-order valence-electron chi connectivity index (χ0n) is 16.2. The lowest BCUT2D eigenvalue weighted by Gasteiger charge is -2.18. The van der Waals surface area contributed by atoms with Crippen LogP contribution in [0, 0.1) is 5.92 Å². The number of hydrogen-bond donors (Lipinski definition) is 0. The van der Waals surface area contributed by atoms with Crippen molar-refractivity contribution in [2.75, 3.05) is 11.4 Å². The minimum atomic E-state index is -0.202. The molecule has 1 aromatic carbocycles. The third-order valence-electron chi connectivity index (χ3n) is 5.73. The summed E-state index contributed by atoms with van der Waals surface area (Å²) in [6.07, 6.45) is 5.11. The second kappa shape index (κ2) is 6.66.